The number of carbonyl (C=O) groups is 3. The quantitative estimate of drug-likeness (QED) is 0.668. The molecule has 3 N–H and O–H groups in total. The highest BCUT2D eigenvalue weighted by Crippen LogP contribution is 2.10. The van der Waals surface area contributed by atoms with Crippen LogP contribution in [0.2, 0.25) is 0 Å². The molecule has 0 heterocycles. The van der Waals surface area contributed by atoms with Gasteiger partial charge in [-0.3, -0.25) is 25.2 Å². The van der Waals surface area contributed by atoms with Crippen molar-refractivity contribution in [1.82, 2.24) is 16.2 Å². The van der Waals surface area contributed by atoms with E-state index >= 15 is 0 Å². The van der Waals surface area contributed by atoms with Crippen molar-refractivity contribution in [3.8, 4) is 0 Å². The van der Waals surface area contributed by atoms with Crippen molar-refractivity contribution in [1.29, 1.82) is 0 Å². The third-order valence-corrected chi connectivity index (χ3v) is 4.14. The average Bonchev–Trinajstić information content (AvgIpc) is 2.65. The number of nitrogens with one attached hydrogen (secondary N) is 3. The Labute approximate surface area is 163 Å². The average molecular weight is 385 g/mol. The van der Waals surface area contributed by atoms with Crippen LogP contribution in [-0.4, -0.2) is 23.8 Å². The minimum atomic E-state index is -0.854. The fourth-order valence-electron chi connectivity index (χ4n) is 2.68. The van der Waals surface area contributed by atoms with Crippen LogP contribution in [0.3, 0.4) is 0 Å². The van der Waals surface area contributed by atoms with Crippen LogP contribution < -0.4 is 16.2 Å². The largest absolute Gasteiger partial charge is 0.340 e. The van der Waals surface area contributed by atoms with Crippen molar-refractivity contribution in [3.05, 3.63) is 71.0 Å². The van der Waals surface area contributed by atoms with E-state index in [4.69, 9.17) is 0 Å². The van der Waals surface area contributed by atoms with E-state index in [1.807, 2.05) is 19.9 Å². The van der Waals surface area contributed by atoms with Gasteiger partial charge in [-0.1, -0.05) is 44.2 Å². The number of hydrogen-bond donors (Lipinski definition) is 3. The molecular weight excluding hydrogens is 361 g/mol. The third-order valence-electron chi connectivity index (χ3n) is 4.14. The van der Waals surface area contributed by atoms with E-state index in [-0.39, 0.29) is 17.4 Å². The molecule has 0 aliphatic carbocycles. The van der Waals surface area contributed by atoms with Gasteiger partial charge < -0.3 is 5.32 Å². The molecule has 1 unspecified atom stereocenters. The SMILES string of the molecule is Cc1ccccc1C(=O)NC(CC(C)C)C(=O)NNC(=O)c1ccccc1F. The van der Waals surface area contributed by atoms with Crippen LogP contribution in [0.25, 0.3) is 0 Å². The van der Waals surface area contributed by atoms with E-state index in [9.17, 15) is 18.8 Å². The van der Waals surface area contributed by atoms with Gasteiger partial charge in [0.2, 0.25) is 0 Å². The summed E-state index contributed by atoms with van der Waals surface area (Å²) in [5, 5.41) is 2.70. The van der Waals surface area contributed by atoms with Gasteiger partial charge in [0.05, 0.1) is 5.56 Å². The van der Waals surface area contributed by atoms with Crippen molar-refractivity contribution < 1.29 is 18.8 Å². The van der Waals surface area contributed by atoms with Gasteiger partial charge in [0.15, 0.2) is 0 Å². The summed E-state index contributed by atoms with van der Waals surface area (Å²) in [4.78, 5) is 37.1. The smallest absolute Gasteiger partial charge is 0.272 e. The molecule has 0 spiro atoms. The maximum absolute atomic E-state index is 13.7. The third kappa shape index (κ3) is 5.64. The van der Waals surface area contributed by atoms with Gasteiger partial charge in [-0.25, -0.2) is 4.39 Å². The second-order valence-corrected chi connectivity index (χ2v) is 6.89. The Hall–Kier alpha value is -3.22. The van der Waals surface area contributed by atoms with Gasteiger partial charge in [-0.2, -0.15) is 0 Å². The predicted octanol–water partition coefficient (Wildman–Crippen LogP) is 2.74. The van der Waals surface area contributed by atoms with Crippen LogP contribution in [0.15, 0.2) is 48.5 Å². The van der Waals surface area contributed by atoms with Crippen LogP contribution >= 0.6 is 0 Å². The van der Waals surface area contributed by atoms with Crippen LogP contribution in [-0.2, 0) is 4.79 Å². The monoisotopic (exact) mass is 385 g/mol. The van der Waals surface area contributed by atoms with Crippen molar-refractivity contribution in [2.45, 2.75) is 33.2 Å². The van der Waals surface area contributed by atoms with Crippen LogP contribution in [0, 0.1) is 18.7 Å². The van der Waals surface area contributed by atoms with Gasteiger partial charge in [0.1, 0.15) is 11.9 Å². The second kappa shape index (κ2) is 9.64. The fourth-order valence-corrected chi connectivity index (χ4v) is 2.68. The lowest BCUT2D eigenvalue weighted by atomic mass is 10.0. The highest BCUT2D eigenvalue weighted by atomic mass is 19.1. The summed E-state index contributed by atoms with van der Waals surface area (Å²) in [7, 11) is 0. The standard InChI is InChI=1S/C21H24FN3O3/c1-13(2)12-18(23-19(26)15-9-5-4-8-14(15)3)21(28)25-24-20(27)16-10-6-7-11-17(16)22/h4-11,13,18H,12H2,1-3H3,(H,23,26)(H,24,27)(H,25,28). The number of hydrazine groups is 1. The zero-order valence-electron chi connectivity index (χ0n) is 16.1. The first-order valence-electron chi connectivity index (χ1n) is 9.00. The molecule has 0 saturated heterocycles. The number of amides is 3. The van der Waals surface area contributed by atoms with Crippen molar-refractivity contribution in [3.63, 3.8) is 0 Å². The first-order chi connectivity index (χ1) is 13.3. The summed E-state index contributed by atoms with van der Waals surface area (Å²) in [6.45, 7) is 5.64. The molecule has 0 bridgehead atoms. The highest BCUT2D eigenvalue weighted by Gasteiger charge is 2.24. The van der Waals surface area contributed by atoms with E-state index in [1.165, 1.54) is 18.2 Å². The Morgan fingerprint density at radius 2 is 1.50 bits per heavy atom. The molecule has 3 amide bonds. The summed E-state index contributed by atoms with van der Waals surface area (Å²) in [6, 6.07) is 11.6. The second-order valence-electron chi connectivity index (χ2n) is 6.89. The summed E-state index contributed by atoms with van der Waals surface area (Å²) >= 11 is 0. The summed E-state index contributed by atoms with van der Waals surface area (Å²) in [5.74, 6) is -2.31. The highest BCUT2D eigenvalue weighted by molar-refractivity contribution is 5.99. The van der Waals surface area contributed by atoms with Gasteiger partial charge >= 0.3 is 0 Å². The Kier molecular flexibility index (Phi) is 7.26. The molecule has 2 aromatic rings. The minimum absolute atomic E-state index is 0.121. The molecule has 2 aromatic carbocycles. The molecule has 0 aliphatic rings. The van der Waals surface area contributed by atoms with Crippen molar-refractivity contribution in [2.24, 2.45) is 5.92 Å². The lowest BCUT2D eigenvalue weighted by molar-refractivity contribution is -0.124. The first kappa shape index (κ1) is 21.1. The molecule has 148 valence electrons. The number of carbonyl (C=O) groups excluding carboxylic acids is 3. The lowest BCUT2D eigenvalue weighted by Crippen LogP contribution is -2.52. The zero-order chi connectivity index (χ0) is 20.7. The Morgan fingerprint density at radius 1 is 0.893 bits per heavy atom. The van der Waals surface area contributed by atoms with Gasteiger partial charge in [0.25, 0.3) is 17.7 Å². The molecule has 0 aromatic heterocycles. The van der Waals surface area contributed by atoms with Crippen molar-refractivity contribution in [2.75, 3.05) is 0 Å². The molecule has 0 aliphatic heterocycles. The van der Waals surface area contributed by atoms with Gasteiger partial charge in [0, 0.05) is 5.56 Å². The van der Waals surface area contributed by atoms with E-state index in [0.29, 0.717) is 12.0 Å². The number of benzene rings is 2. The minimum Gasteiger partial charge on any atom is -0.340 e. The molecule has 28 heavy (non-hydrogen) atoms. The first-order valence-corrected chi connectivity index (χ1v) is 9.00. The molecule has 1 atom stereocenters. The Balaban J connectivity index is 2.04. The fraction of sp³-hybridized carbons (Fsp3) is 0.286. The van der Waals surface area contributed by atoms with E-state index < -0.39 is 23.7 Å². The number of hydrogen-bond acceptors (Lipinski definition) is 3. The summed E-state index contributed by atoms with van der Waals surface area (Å²) in [5.41, 5.74) is 5.53. The summed E-state index contributed by atoms with van der Waals surface area (Å²) < 4.78 is 13.7. The summed E-state index contributed by atoms with van der Waals surface area (Å²) in [6.07, 6.45) is 0.374. The number of halogens is 1. The van der Waals surface area contributed by atoms with Gasteiger partial charge in [-0.05, 0) is 43.0 Å². The predicted molar refractivity (Wildman–Crippen MR) is 104 cm³/mol. The zero-order valence-corrected chi connectivity index (χ0v) is 16.1. The molecule has 0 radical (unpaired) electrons. The molecule has 2 rings (SSSR count). The van der Waals surface area contributed by atoms with Gasteiger partial charge in [-0.15, -0.1) is 0 Å². The molecule has 0 fully saturated rings. The molecular formula is C21H24FN3O3. The maximum Gasteiger partial charge on any atom is 0.272 e. The van der Waals surface area contributed by atoms with E-state index in [2.05, 4.69) is 16.2 Å². The normalized spacial score (nSPS) is 11.6. The van der Waals surface area contributed by atoms with E-state index in [0.717, 1.165) is 11.6 Å². The van der Waals surface area contributed by atoms with Crippen LogP contribution in [0.4, 0.5) is 4.39 Å². The van der Waals surface area contributed by atoms with Crippen molar-refractivity contribution >= 4 is 17.7 Å². The molecule has 6 nitrogen and oxygen atoms in total. The van der Waals surface area contributed by atoms with Crippen LogP contribution in [0.1, 0.15) is 46.5 Å². The Bertz CT molecular complexity index is 867. The molecule has 7 heteroatoms. The lowest BCUT2D eigenvalue weighted by Gasteiger charge is -2.21. The number of aryl methyl sites for hydroxylation is 1. The van der Waals surface area contributed by atoms with Crippen LogP contribution in [0.5, 0.6) is 0 Å². The van der Waals surface area contributed by atoms with E-state index in [1.54, 1.807) is 25.1 Å². The topological polar surface area (TPSA) is 87.3 Å². The maximum atomic E-state index is 13.7. The Morgan fingerprint density at radius 3 is 2.11 bits per heavy atom. The number of rotatable bonds is 6. The molecule has 0 saturated carbocycles.